The summed E-state index contributed by atoms with van der Waals surface area (Å²) in [6.45, 7) is 5.20. The molecule has 1 amide bonds. The summed E-state index contributed by atoms with van der Waals surface area (Å²) in [5.41, 5.74) is 2.44. The molecule has 10 heteroatoms. The molecule has 1 aromatic heterocycles. The van der Waals surface area contributed by atoms with Gasteiger partial charge >= 0.3 is 0 Å². The van der Waals surface area contributed by atoms with E-state index in [-0.39, 0.29) is 18.4 Å². The minimum Gasteiger partial charge on any atom is -0.482 e. The van der Waals surface area contributed by atoms with Crippen molar-refractivity contribution in [3.8, 4) is 17.1 Å². The molecule has 9 nitrogen and oxygen atoms in total. The highest BCUT2D eigenvalue weighted by atomic mass is 32.2. The van der Waals surface area contributed by atoms with Crippen LogP contribution in [0.1, 0.15) is 37.1 Å². The number of amides is 1. The molecule has 1 saturated heterocycles. The summed E-state index contributed by atoms with van der Waals surface area (Å²) in [5.74, 6) is 1.48. The van der Waals surface area contributed by atoms with Crippen LogP contribution in [0.4, 0.5) is 5.69 Å². The van der Waals surface area contributed by atoms with E-state index >= 15 is 0 Å². The van der Waals surface area contributed by atoms with Gasteiger partial charge in [0, 0.05) is 31.1 Å². The van der Waals surface area contributed by atoms with Gasteiger partial charge in [-0.15, -0.1) is 0 Å². The number of nitrogens with zero attached hydrogens (tertiary/aromatic N) is 4. The van der Waals surface area contributed by atoms with Crippen molar-refractivity contribution < 1.29 is 22.5 Å². The lowest BCUT2D eigenvalue weighted by molar-refractivity contribution is -0.121. The van der Waals surface area contributed by atoms with Crippen LogP contribution in [0.15, 0.2) is 51.9 Å². The number of fused-ring (bicyclic) bond motifs is 1. The van der Waals surface area contributed by atoms with Crippen molar-refractivity contribution in [1.82, 2.24) is 14.4 Å². The predicted octanol–water partition coefficient (Wildman–Crippen LogP) is 3.36. The van der Waals surface area contributed by atoms with Crippen molar-refractivity contribution in [1.29, 1.82) is 0 Å². The third-order valence-corrected chi connectivity index (χ3v) is 8.29. The molecule has 0 spiro atoms. The number of hydrogen-bond donors (Lipinski definition) is 0. The van der Waals surface area contributed by atoms with Gasteiger partial charge in [-0.3, -0.25) is 4.79 Å². The van der Waals surface area contributed by atoms with Gasteiger partial charge in [-0.1, -0.05) is 22.9 Å². The number of carbonyl (C=O) groups excluding carboxylic acids is 1. The van der Waals surface area contributed by atoms with Gasteiger partial charge < -0.3 is 14.2 Å². The lowest BCUT2D eigenvalue weighted by Crippen LogP contribution is -2.38. The van der Waals surface area contributed by atoms with Gasteiger partial charge in [0.05, 0.1) is 10.6 Å². The fraction of sp³-hybridized carbons (Fsp3) is 0.375. The maximum Gasteiger partial charge on any atom is 0.265 e. The SMILES string of the molecule is CCN1C(=O)COc2ccc(-c3noc(C4CCN(S(=O)(=O)c5ccc(C)cc5)CC4)n3)cc21. The van der Waals surface area contributed by atoms with E-state index in [1.165, 1.54) is 4.31 Å². The number of hydrogen-bond acceptors (Lipinski definition) is 7. The first-order valence-corrected chi connectivity index (χ1v) is 12.8. The molecule has 3 aromatic rings. The quantitative estimate of drug-likeness (QED) is 0.549. The molecule has 0 radical (unpaired) electrons. The highest BCUT2D eigenvalue weighted by Gasteiger charge is 2.32. The number of aromatic nitrogens is 2. The largest absolute Gasteiger partial charge is 0.482 e. The molecule has 0 N–H and O–H groups in total. The van der Waals surface area contributed by atoms with E-state index < -0.39 is 10.0 Å². The fourth-order valence-corrected chi connectivity index (χ4v) is 5.88. The Balaban J connectivity index is 1.30. The molecule has 0 saturated carbocycles. The van der Waals surface area contributed by atoms with Crippen molar-refractivity contribution in [2.24, 2.45) is 0 Å². The first-order chi connectivity index (χ1) is 16.4. The zero-order chi connectivity index (χ0) is 23.9. The Morgan fingerprint density at radius 1 is 1.09 bits per heavy atom. The average molecular weight is 483 g/mol. The number of sulfonamides is 1. The van der Waals surface area contributed by atoms with E-state index in [1.54, 1.807) is 17.0 Å². The van der Waals surface area contributed by atoms with Gasteiger partial charge in [-0.25, -0.2) is 8.42 Å². The molecular formula is C24H26N4O5S. The molecular weight excluding hydrogens is 456 g/mol. The van der Waals surface area contributed by atoms with Crippen molar-refractivity contribution in [3.63, 3.8) is 0 Å². The summed E-state index contributed by atoms with van der Waals surface area (Å²) in [6.07, 6.45) is 1.20. The van der Waals surface area contributed by atoms with E-state index in [0.717, 1.165) is 11.1 Å². The molecule has 5 rings (SSSR count). The summed E-state index contributed by atoms with van der Waals surface area (Å²) in [6, 6.07) is 12.4. The minimum absolute atomic E-state index is 0.0135. The Kier molecular flexibility index (Phi) is 5.86. The number of rotatable bonds is 5. The van der Waals surface area contributed by atoms with Crippen molar-refractivity contribution in [2.75, 3.05) is 31.1 Å². The van der Waals surface area contributed by atoms with Crippen molar-refractivity contribution >= 4 is 21.6 Å². The summed E-state index contributed by atoms with van der Waals surface area (Å²) in [7, 11) is -3.52. The average Bonchev–Trinajstić information content (AvgIpc) is 3.34. The van der Waals surface area contributed by atoms with Crippen LogP contribution in [0.2, 0.25) is 0 Å². The maximum absolute atomic E-state index is 13.0. The number of carbonyl (C=O) groups is 1. The third kappa shape index (κ3) is 4.07. The Bertz CT molecular complexity index is 1310. The molecule has 2 aromatic carbocycles. The van der Waals surface area contributed by atoms with E-state index in [4.69, 9.17) is 9.26 Å². The molecule has 3 heterocycles. The van der Waals surface area contributed by atoms with Crippen LogP contribution in [0.5, 0.6) is 5.75 Å². The van der Waals surface area contributed by atoms with Gasteiger partial charge in [0.1, 0.15) is 5.75 Å². The standard InChI is InChI=1S/C24H26N4O5S/c1-3-28-20-14-18(6-9-21(20)32-15-22(28)29)23-25-24(33-26-23)17-10-12-27(13-11-17)34(30,31)19-7-4-16(2)5-8-19/h4-9,14,17H,3,10-13,15H2,1-2H3. The Labute approximate surface area is 198 Å². The molecule has 1 fully saturated rings. The monoisotopic (exact) mass is 482 g/mol. The van der Waals surface area contributed by atoms with E-state index in [1.807, 2.05) is 44.2 Å². The second-order valence-electron chi connectivity index (χ2n) is 8.56. The highest BCUT2D eigenvalue weighted by Crippen LogP contribution is 2.36. The molecule has 2 aliphatic rings. The number of piperidine rings is 1. The number of aryl methyl sites for hydroxylation is 1. The molecule has 2 aliphatic heterocycles. The second kappa shape index (κ2) is 8.84. The Morgan fingerprint density at radius 3 is 2.53 bits per heavy atom. The lowest BCUT2D eigenvalue weighted by atomic mass is 9.98. The van der Waals surface area contributed by atoms with E-state index in [0.29, 0.717) is 60.5 Å². The first kappa shape index (κ1) is 22.5. The number of likely N-dealkylation sites (N-methyl/N-ethyl adjacent to an activating group) is 1. The van der Waals surface area contributed by atoms with Gasteiger partial charge in [-0.05, 0) is 57.0 Å². The fourth-order valence-electron chi connectivity index (χ4n) is 4.41. The zero-order valence-electron chi connectivity index (χ0n) is 19.1. The number of anilines is 1. The first-order valence-electron chi connectivity index (χ1n) is 11.3. The smallest absolute Gasteiger partial charge is 0.265 e. The third-order valence-electron chi connectivity index (χ3n) is 6.38. The van der Waals surface area contributed by atoms with Gasteiger partial charge in [0.15, 0.2) is 6.61 Å². The van der Waals surface area contributed by atoms with E-state index in [9.17, 15) is 13.2 Å². The molecule has 0 bridgehead atoms. The summed E-state index contributed by atoms with van der Waals surface area (Å²) >= 11 is 0. The number of benzene rings is 2. The van der Waals surface area contributed by atoms with Gasteiger partial charge in [-0.2, -0.15) is 9.29 Å². The Hall–Kier alpha value is -3.24. The molecule has 34 heavy (non-hydrogen) atoms. The van der Waals surface area contributed by atoms with Crippen molar-refractivity contribution in [2.45, 2.75) is 37.5 Å². The Morgan fingerprint density at radius 2 is 1.82 bits per heavy atom. The summed E-state index contributed by atoms with van der Waals surface area (Å²) < 4.78 is 38.5. The van der Waals surface area contributed by atoms with Crippen LogP contribution in [0.3, 0.4) is 0 Å². The van der Waals surface area contributed by atoms with Crippen LogP contribution in [0.25, 0.3) is 11.4 Å². The highest BCUT2D eigenvalue weighted by molar-refractivity contribution is 7.89. The van der Waals surface area contributed by atoms with E-state index in [2.05, 4.69) is 10.1 Å². The number of ether oxygens (including phenoxy) is 1. The summed E-state index contributed by atoms with van der Waals surface area (Å²) in [4.78, 5) is 18.7. The normalized spacial score (nSPS) is 17.5. The van der Waals surface area contributed by atoms with Crippen LogP contribution in [0, 0.1) is 6.92 Å². The van der Waals surface area contributed by atoms with Gasteiger partial charge in [0.25, 0.3) is 5.91 Å². The molecule has 0 atom stereocenters. The second-order valence-corrected chi connectivity index (χ2v) is 10.5. The van der Waals surface area contributed by atoms with Gasteiger partial charge in [0.2, 0.25) is 21.7 Å². The summed E-state index contributed by atoms with van der Waals surface area (Å²) in [5, 5.41) is 4.14. The molecule has 178 valence electrons. The van der Waals surface area contributed by atoms with Crippen LogP contribution >= 0.6 is 0 Å². The lowest BCUT2D eigenvalue weighted by Gasteiger charge is -2.29. The van der Waals surface area contributed by atoms with Crippen molar-refractivity contribution in [3.05, 3.63) is 53.9 Å². The molecule has 0 aliphatic carbocycles. The zero-order valence-corrected chi connectivity index (χ0v) is 19.9. The van der Waals surface area contributed by atoms with Crippen LogP contribution in [-0.2, 0) is 14.8 Å². The van der Waals surface area contributed by atoms with Crippen LogP contribution < -0.4 is 9.64 Å². The molecule has 0 unspecified atom stereocenters. The maximum atomic E-state index is 13.0. The minimum atomic E-state index is -3.52. The topological polar surface area (TPSA) is 106 Å². The predicted molar refractivity (Wildman–Crippen MR) is 125 cm³/mol. The van der Waals surface area contributed by atoms with Crippen LogP contribution in [-0.4, -0.2) is 55.0 Å².